The van der Waals surface area contributed by atoms with Gasteiger partial charge in [-0.3, -0.25) is 10.5 Å². The van der Waals surface area contributed by atoms with Crippen molar-refractivity contribution in [3.05, 3.63) is 60.2 Å². The van der Waals surface area contributed by atoms with Crippen LogP contribution < -0.4 is 10.3 Å². The normalized spacial score (nSPS) is 10.9. The summed E-state index contributed by atoms with van der Waals surface area (Å²) in [6, 6.07) is 17.3. The lowest BCUT2D eigenvalue weighted by molar-refractivity contribution is -0.642. The number of nitrogens with zero attached hydrogens (tertiary/aromatic N) is 2. The molecule has 0 aliphatic heterocycles. The van der Waals surface area contributed by atoms with Crippen LogP contribution in [0, 0.1) is 0 Å². The van der Waals surface area contributed by atoms with Crippen molar-refractivity contribution in [1.29, 1.82) is 0 Å². The van der Waals surface area contributed by atoms with Gasteiger partial charge in [-0.15, -0.1) is 0 Å². The molecule has 0 fully saturated rings. The summed E-state index contributed by atoms with van der Waals surface area (Å²) in [6.45, 7) is 3.08. The number of ketones is 1. The fourth-order valence-corrected chi connectivity index (χ4v) is 2.67. The van der Waals surface area contributed by atoms with Crippen LogP contribution in [0.5, 0.6) is 0 Å². The third-order valence-electron chi connectivity index (χ3n) is 3.73. The molecule has 106 valence electrons. The van der Waals surface area contributed by atoms with Gasteiger partial charge in [0.1, 0.15) is 17.6 Å². The summed E-state index contributed by atoms with van der Waals surface area (Å²) >= 11 is 0. The van der Waals surface area contributed by atoms with Crippen molar-refractivity contribution < 1.29 is 9.36 Å². The molecule has 0 unspecified atom stereocenters. The van der Waals surface area contributed by atoms with Crippen LogP contribution in [0.1, 0.15) is 17.3 Å². The number of nitrogens with two attached hydrogens (primary N) is 1. The van der Waals surface area contributed by atoms with Crippen molar-refractivity contribution in [2.75, 3.05) is 5.73 Å². The van der Waals surface area contributed by atoms with Crippen LogP contribution in [-0.2, 0) is 13.1 Å². The first-order valence-corrected chi connectivity index (χ1v) is 7.07. The molecule has 4 heteroatoms. The average molecular weight is 280 g/mol. The summed E-state index contributed by atoms with van der Waals surface area (Å²) in [5, 5.41) is 0. The summed E-state index contributed by atoms with van der Waals surface area (Å²) in [6.07, 6.45) is 0. The second-order valence-corrected chi connectivity index (χ2v) is 4.97. The molecule has 0 saturated heterocycles. The number of hydrogen-bond acceptors (Lipinski definition) is 2. The highest BCUT2D eigenvalue weighted by molar-refractivity contribution is 5.95. The van der Waals surface area contributed by atoms with Crippen molar-refractivity contribution >= 4 is 22.8 Å². The first-order chi connectivity index (χ1) is 10.2. The van der Waals surface area contributed by atoms with Crippen LogP contribution in [0.3, 0.4) is 0 Å². The molecular weight excluding hydrogens is 262 g/mol. The summed E-state index contributed by atoms with van der Waals surface area (Å²) in [4.78, 5) is 12.4. The standard InChI is InChI=1S/C17H17N3O/c1-2-19-14-10-6-7-11-15(14)20(17(19)18)12-16(21)13-8-4-3-5-9-13/h3-11,18H,2,12H2,1H3/p+1. The molecule has 2 N–H and O–H groups in total. The molecule has 0 aliphatic carbocycles. The third-order valence-corrected chi connectivity index (χ3v) is 3.73. The van der Waals surface area contributed by atoms with Gasteiger partial charge in [-0.1, -0.05) is 42.5 Å². The third kappa shape index (κ3) is 2.29. The van der Waals surface area contributed by atoms with E-state index < -0.39 is 0 Å². The van der Waals surface area contributed by atoms with Crippen LogP contribution in [0.15, 0.2) is 54.6 Å². The van der Waals surface area contributed by atoms with Crippen molar-refractivity contribution in [2.45, 2.75) is 20.0 Å². The maximum Gasteiger partial charge on any atom is 0.356 e. The number of aromatic nitrogens is 2. The van der Waals surface area contributed by atoms with Crippen LogP contribution in [0.25, 0.3) is 11.0 Å². The number of rotatable bonds is 4. The van der Waals surface area contributed by atoms with Crippen LogP contribution in [0.2, 0.25) is 0 Å². The Labute approximate surface area is 123 Å². The van der Waals surface area contributed by atoms with E-state index in [0.717, 1.165) is 17.6 Å². The van der Waals surface area contributed by atoms with Crippen molar-refractivity contribution in [2.24, 2.45) is 0 Å². The largest absolute Gasteiger partial charge is 0.356 e. The number of benzene rings is 2. The van der Waals surface area contributed by atoms with Gasteiger partial charge in [0.05, 0.1) is 6.54 Å². The smallest absolute Gasteiger partial charge is 0.291 e. The molecule has 0 amide bonds. The Morgan fingerprint density at radius 2 is 1.76 bits per heavy atom. The fraction of sp³-hybridized carbons (Fsp3) is 0.176. The highest BCUT2D eigenvalue weighted by atomic mass is 16.1. The minimum atomic E-state index is 0.0614. The summed E-state index contributed by atoms with van der Waals surface area (Å²) in [5.41, 5.74) is 8.97. The molecule has 2 aromatic carbocycles. The molecule has 0 aliphatic rings. The van der Waals surface area contributed by atoms with E-state index in [1.165, 1.54) is 0 Å². The zero-order chi connectivity index (χ0) is 14.8. The van der Waals surface area contributed by atoms with E-state index in [0.29, 0.717) is 11.5 Å². The summed E-state index contributed by atoms with van der Waals surface area (Å²) in [7, 11) is 0. The topological polar surface area (TPSA) is 51.9 Å². The Balaban J connectivity index is 2.05. The van der Waals surface area contributed by atoms with Gasteiger partial charge in [-0.2, -0.15) is 0 Å². The second-order valence-electron chi connectivity index (χ2n) is 4.97. The Bertz CT molecular complexity index is 790. The minimum absolute atomic E-state index is 0.0614. The number of Topliss-reactive ketones (excluding diaryl/α,β-unsaturated/α-hetero) is 1. The SMILES string of the molecule is CCn1c(N)[n+](CC(=O)c2ccccc2)c2ccccc21. The van der Waals surface area contributed by atoms with E-state index in [1.807, 2.05) is 70.7 Å². The van der Waals surface area contributed by atoms with E-state index in [2.05, 4.69) is 0 Å². The lowest BCUT2D eigenvalue weighted by atomic mass is 10.1. The number of hydrogen-bond donors (Lipinski definition) is 1. The van der Waals surface area contributed by atoms with Crippen LogP contribution in [-0.4, -0.2) is 10.4 Å². The highest BCUT2D eigenvalue weighted by Gasteiger charge is 2.21. The molecule has 4 nitrogen and oxygen atoms in total. The zero-order valence-corrected chi connectivity index (χ0v) is 12.0. The molecule has 3 rings (SSSR count). The number of carbonyl (C=O) groups excluding carboxylic acids is 1. The maximum absolute atomic E-state index is 12.4. The number of carbonyl (C=O) groups is 1. The molecule has 0 bridgehead atoms. The molecular formula is C17H18N3O+. The van der Waals surface area contributed by atoms with Gasteiger partial charge in [0.25, 0.3) is 0 Å². The number of imidazole rings is 1. The summed E-state index contributed by atoms with van der Waals surface area (Å²) in [5.74, 6) is 0.675. The van der Waals surface area contributed by atoms with Crippen LogP contribution >= 0.6 is 0 Å². The fourth-order valence-electron chi connectivity index (χ4n) is 2.67. The summed E-state index contributed by atoms with van der Waals surface area (Å²) < 4.78 is 3.90. The zero-order valence-electron chi connectivity index (χ0n) is 12.0. The van der Waals surface area contributed by atoms with Gasteiger partial charge in [-0.25, -0.2) is 9.13 Å². The number of nitrogen functional groups attached to an aromatic ring is 1. The highest BCUT2D eigenvalue weighted by Crippen LogP contribution is 2.16. The molecule has 0 atom stereocenters. The Morgan fingerprint density at radius 1 is 1.10 bits per heavy atom. The molecule has 0 saturated carbocycles. The molecule has 1 aromatic heterocycles. The van der Waals surface area contributed by atoms with E-state index in [9.17, 15) is 4.79 Å². The monoisotopic (exact) mass is 280 g/mol. The van der Waals surface area contributed by atoms with Crippen molar-refractivity contribution in [3.63, 3.8) is 0 Å². The Morgan fingerprint density at radius 3 is 2.48 bits per heavy atom. The first-order valence-electron chi connectivity index (χ1n) is 7.07. The van der Waals surface area contributed by atoms with E-state index >= 15 is 0 Å². The lowest BCUT2D eigenvalue weighted by Gasteiger charge is -2.01. The average Bonchev–Trinajstić information content (AvgIpc) is 2.80. The number of aryl methyl sites for hydroxylation is 1. The van der Waals surface area contributed by atoms with Crippen LogP contribution in [0.4, 0.5) is 5.95 Å². The van der Waals surface area contributed by atoms with Gasteiger partial charge in [0, 0.05) is 5.56 Å². The maximum atomic E-state index is 12.4. The van der Waals surface area contributed by atoms with Crippen molar-refractivity contribution in [1.82, 2.24) is 4.57 Å². The van der Waals surface area contributed by atoms with Gasteiger partial charge in [-0.05, 0) is 19.1 Å². The Kier molecular flexibility index (Phi) is 3.44. The first kappa shape index (κ1) is 13.4. The minimum Gasteiger partial charge on any atom is -0.291 e. The quantitative estimate of drug-likeness (QED) is 0.589. The van der Waals surface area contributed by atoms with Gasteiger partial charge >= 0.3 is 5.95 Å². The van der Waals surface area contributed by atoms with Crippen molar-refractivity contribution in [3.8, 4) is 0 Å². The molecule has 0 radical (unpaired) electrons. The number of fused-ring (bicyclic) bond motifs is 1. The molecule has 21 heavy (non-hydrogen) atoms. The lowest BCUT2D eigenvalue weighted by Crippen LogP contribution is -2.40. The Hall–Kier alpha value is -2.62. The van der Waals surface area contributed by atoms with Gasteiger partial charge < -0.3 is 0 Å². The van der Waals surface area contributed by atoms with E-state index in [-0.39, 0.29) is 12.3 Å². The molecule has 0 spiro atoms. The van der Waals surface area contributed by atoms with Gasteiger partial charge in [0.2, 0.25) is 0 Å². The second kappa shape index (κ2) is 5.40. The molecule has 3 aromatic rings. The predicted octanol–water partition coefficient (Wildman–Crippen LogP) is 2.41. The number of anilines is 1. The predicted molar refractivity (Wildman–Crippen MR) is 83.0 cm³/mol. The van der Waals surface area contributed by atoms with E-state index in [1.54, 1.807) is 0 Å². The van der Waals surface area contributed by atoms with Gasteiger partial charge in [0.15, 0.2) is 5.78 Å². The number of para-hydroxylation sites is 2. The molecule has 1 heterocycles. The van der Waals surface area contributed by atoms with E-state index in [4.69, 9.17) is 5.73 Å².